The first-order chi connectivity index (χ1) is 14.9. The average Bonchev–Trinajstić information content (AvgIpc) is 3.14. The van der Waals surface area contributed by atoms with Crippen molar-refractivity contribution < 1.29 is 9.59 Å². The number of nitrogens with zero attached hydrogens (tertiary/aromatic N) is 2. The van der Waals surface area contributed by atoms with Crippen LogP contribution in [0, 0.1) is 6.92 Å². The molecule has 1 aromatic heterocycles. The molecule has 3 aromatic rings. The van der Waals surface area contributed by atoms with Gasteiger partial charge in [-0.2, -0.15) is 0 Å². The fraction of sp³-hybridized carbons (Fsp3) is 0.308. The van der Waals surface area contributed by atoms with E-state index in [1.807, 2.05) is 43.5 Å². The lowest BCUT2D eigenvalue weighted by atomic mass is 10.1. The molecule has 0 radical (unpaired) electrons. The van der Waals surface area contributed by atoms with Gasteiger partial charge in [-0.05, 0) is 44.5 Å². The summed E-state index contributed by atoms with van der Waals surface area (Å²) in [6, 6.07) is 15.4. The molecule has 0 aliphatic heterocycles. The second kappa shape index (κ2) is 10.1. The highest BCUT2D eigenvalue weighted by Gasteiger charge is 2.19. The third kappa shape index (κ3) is 5.23. The van der Waals surface area contributed by atoms with Crippen molar-refractivity contribution in [3.05, 3.63) is 77.1 Å². The quantitative estimate of drug-likeness (QED) is 0.525. The molecule has 0 unspecified atom stereocenters. The third-order valence-electron chi connectivity index (χ3n) is 5.45. The Bertz CT molecular complexity index is 1090. The Morgan fingerprint density at radius 1 is 1.06 bits per heavy atom. The van der Waals surface area contributed by atoms with E-state index >= 15 is 0 Å². The second-order valence-corrected chi connectivity index (χ2v) is 7.85. The van der Waals surface area contributed by atoms with E-state index in [1.54, 1.807) is 30.2 Å². The zero-order valence-electron chi connectivity index (χ0n) is 18.8. The highest BCUT2D eigenvalue weighted by molar-refractivity contribution is 6.06. The molecular formula is C26H31N3O2. The fourth-order valence-electron chi connectivity index (χ4n) is 3.56. The molecule has 0 atom stereocenters. The lowest BCUT2D eigenvalue weighted by molar-refractivity contribution is -0.126. The van der Waals surface area contributed by atoms with E-state index in [2.05, 4.69) is 29.8 Å². The van der Waals surface area contributed by atoms with E-state index < -0.39 is 0 Å². The van der Waals surface area contributed by atoms with E-state index in [1.165, 1.54) is 0 Å². The molecule has 162 valence electrons. The van der Waals surface area contributed by atoms with Gasteiger partial charge in [-0.3, -0.25) is 9.59 Å². The Morgan fingerprint density at radius 3 is 2.45 bits per heavy atom. The number of fused-ring (bicyclic) bond motifs is 1. The number of unbranched alkanes of at least 4 members (excludes halogenated alkanes) is 1. The van der Waals surface area contributed by atoms with Gasteiger partial charge in [0.1, 0.15) is 5.70 Å². The number of carbonyl (C=O) groups is 2. The van der Waals surface area contributed by atoms with Crippen LogP contribution in [0.2, 0.25) is 0 Å². The molecule has 1 heterocycles. The van der Waals surface area contributed by atoms with Crippen LogP contribution in [0.25, 0.3) is 17.0 Å². The molecule has 5 nitrogen and oxygen atoms in total. The van der Waals surface area contributed by atoms with Crippen LogP contribution >= 0.6 is 0 Å². The maximum Gasteiger partial charge on any atom is 0.270 e. The minimum atomic E-state index is -0.289. The summed E-state index contributed by atoms with van der Waals surface area (Å²) >= 11 is 0. The van der Waals surface area contributed by atoms with E-state index in [-0.39, 0.29) is 17.5 Å². The van der Waals surface area contributed by atoms with Crippen LogP contribution in [0.15, 0.2) is 60.4 Å². The fourth-order valence-corrected chi connectivity index (χ4v) is 3.56. The van der Waals surface area contributed by atoms with Crippen LogP contribution in [0.1, 0.15) is 48.2 Å². The van der Waals surface area contributed by atoms with Crippen LogP contribution in [0.4, 0.5) is 0 Å². The summed E-state index contributed by atoms with van der Waals surface area (Å²) in [7, 11) is 1.78. The molecule has 0 aliphatic rings. The summed E-state index contributed by atoms with van der Waals surface area (Å²) in [6.07, 6.45) is 5.74. The van der Waals surface area contributed by atoms with Crippen LogP contribution < -0.4 is 5.32 Å². The lowest BCUT2D eigenvalue weighted by Gasteiger charge is -2.19. The van der Waals surface area contributed by atoms with Gasteiger partial charge >= 0.3 is 0 Å². The number of para-hydroxylation sites is 1. The second-order valence-electron chi connectivity index (χ2n) is 7.85. The molecule has 0 fully saturated rings. The van der Waals surface area contributed by atoms with Crippen molar-refractivity contribution in [3.8, 4) is 0 Å². The molecular weight excluding hydrogens is 386 g/mol. The standard InChI is InChI=1S/C26H31N3O2/c1-5-7-16-28(4)26(31)23(27-25(30)20-14-12-19(3)13-15-20)17-21-18-29(6-2)24-11-9-8-10-22(21)24/h8-15,17-18H,5-7,16H2,1-4H3,(H,27,30). The van der Waals surface area contributed by atoms with Gasteiger partial charge in [-0.1, -0.05) is 49.2 Å². The van der Waals surface area contributed by atoms with Crippen molar-refractivity contribution in [1.29, 1.82) is 0 Å². The van der Waals surface area contributed by atoms with Gasteiger partial charge in [0, 0.05) is 48.4 Å². The number of hydrogen-bond donors (Lipinski definition) is 1. The number of amides is 2. The largest absolute Gasteiger partial charge is 0.347 e. The predicted octanol–water partition coefficient (Wildman–Crippen LogP) is 5.00. The van der Waals surface area contributed by atoms with Crippen molar-refractivity contribution in [2.75, 3.05) is 13.6 Å². The van der Waals surface area contributed by atoms with E-state index in [0.717, 1.165) is 41.4 Å². The Kier molecular flexibility index (Phi) is 7.29. The number of benzene rings is 2. The smallest absolute Gasteiger partial charge is 0.270 e. The minimum Gasteiger partial charge on any atom is -0.347 e. The SMILES string of the molecule is CCCCN(C)C(=O)C(=Cc1cn(CC)c2ccccc12)NC(=O)c1ccc(C)cc1. The van der Waals surface area contributed by atoms with E-state index in [0.29, 0.717) is 12.1 Å². The van der Waals surface area contributed by atoms with Gasteiger partial charge in [-0.15, -0.1) is 0 Å². The molecule has 31 heavy (non-hydrogen) atoms. The molecule has 5 heteroatoms. The molecule has 2 amide bonds. The number of aryl methyl sites for hydroxylation is 2. The number of nitrogens with one attached hydrogen (secondary N) is 1. The summed E-state index contributed by atoms with van der Waals surface area (Å²) in [4.78, 5) is 27.8. The van der Waals surface area contributed by atoms with Gasteiger partial charge in [0.2, 0.25) is 0 Å². The maximum absolute atomic E-state index is 13.2. The Morgan fingerprint density at radius 2 is 1.77 bits per heavy atom. The van der Waals surface area contributed by atoms with Gasteiger partial charge in [-0.25, -0.2) is 0 Å². The number of aromatic nitrogens is 1. The van der Waals surface area contributed by atoms with Gasteiger partial charge in [0.15, 0.2) is 0 Å². The van der Waals surface area contributed by atoms with Crippen LogP contribution in [0.5, 0.6) is 0 Å². The summed E-state index contributed by atoms with van der Waals surface area (Å²) in [5.41, 5.74) is 3.90. The molecule has 0 saturated heterocycles. The van der Waals surface area contributed by atoms with Crippen molar-refractivity contribution >= 4 is 28.8 Å². The molecule has 3 rings (SSSR count). The molecule has 2 aromatic carbocycles. The van der Waals surface area contributed by atoms with Crippen molar-refractivity contribution in [2.45, 2.75) is 40.2 Å². The summed E-state index contributed by atoms with van der Waals surface area (Å²) in [5, 5.41) is 3.92. The average molecular weight is 418 g/mol. The number of rotatable bonds is 8. The Hall–Kier alpha value is -3.34. The lowest BCUT2D eigenvalue weighted by Crippen LogP contribution is -2.36. The summed E-state index contributed by atoms with van der Waals surface area (Å²) in [6.45, 7) is 7.62. The first-order valence-electron chi connectivity index (χ1n) is 10.9. The zero-order chi connectivity index (χ0) is 22.4. The zero-order valence-corrected chi connectivity index (χ0v) is 18.8. The van der Waals surface area contributed by atoms with E-state index in [9.17, 15) is 9.59 Å². The van der Waals surface area contributed by atoms with E-state index in [4.69, 9.17) is 0 Å². The van der Waals surface area contributed by atoms with Crippen LogP contribution in [-0.4, -0.2) is 34.9 Å². The van der Waals surface area contributed by atoms with Crippen LogP contribution in [-0.2, 0) is 11.3 Å². The monoisotopic (exact) mass is 417 g/mol. The highest BCUT2D eigenvalue weighted by Crippen LogP contribution is 2.23. The highest BCUT2D eigenvalue weighted by atomic mass is 16.2. The van der Waals surface area contributed by atoms with Gasteiger partial charge in [0.05, 0.1) is 0 Å². The first-order valence-corrected chi connectivity index (χ1v) is 10.9. The van der Waals surface area contributed by atoms with Crippen LogP contribution in [0.3, 0.4) is 0 Å². The number of likely N-dealkylation sites (N-methyl/N-ethyl adjacent to an activating group) is 1. The van der Waals surface area contributed by atoms with Crippen molar-refractivity contribution in [1.82, 2.24) is 14.8 Å². The summed E-state index contributed by atoms with van der Waals surface area (Å²) in [5.74, 6) is -0.482. The normalized spacial score (nSPS) is 11.5. The maximum atomic E-state index is 13.2. The third-order valence-corrected chi connectivity index (χ3v) is 5.45. The Balaban J connectivity index is 2.00. The molecule has 0 saturated carbocycles. The first kappa shape index (κ1) is 22.3. The topological polar surface area (TPSA) is 54.3 Å². The predicted molar refractivity (Wildman–Crippen MR) is 127 cm³/mol. The molecule has 0 spiro atoms. The van der Waals surface area contributed by atoms with Crippen molar-refractivity contribution in [3.63, 3.8) is 0 Å². The van der Waals surface area contributed by atoms with Crippen molar-refractivity contribution in [2.24, 2.45) is 0 Å². The molecule has 0 aliphatic carbocycles. The molecule has 0 bridgehead atoms. The minimum absolute atomic E-state index is 0.192. The van der Waals surface area contributed by atoms with Gasteiger partial charge in [0.25, 0.3) is 11.8 Å². The Labute approximate surface area is 184 Å². The molecule has 1 N–H and O–H groups in total. The van der Waals surface area contributed by atoms with Gasteiger partial charge < -0.3 is 14.8 Å². The summed E-state index contributed by atoms with van der Waals surface area (Å²) < 4.78 is 2.14. The number of carbonyl (C=O) groups excluding carboxylic acids is 2. The number of hydrogen-bond acceptors (Lipinski definition) is 2.